The van der Waals surface area contributed by atoms with E-state index in [4.69, 9.17) is 23.7 Å². The second-order valence-electron chi connectivity index (χ2n) is 7.97. The molecule has 7 heteroatoms. The van der Waals surface area contributed by atoms with Crippen molar-refractivity contribution in [3.8, 4) is 28.7 Å². The van der Waals surface area contributed by atoms with E-state index in [0.717, 1.165) is 23.3 Å². The number of carbonyl (C=O) groups excluding carboxylic acids is 1. The number of benzene rings is 2. The molecular formula is C24H31NO6. The van der Waals surface area contributed by atoms with Crippen molar-refractivity contribution in [1.29, 1.82) is 0 Å². The van der Waals surface area contributed by atoms with Gasteiger partial charge in [0, 0.05) is 18.4 Å². The van der Waals surface area contributed by atoms with Gasteiger partial charge in [0.05, 0.1) is 27.9 Å². The molecular weight excluding hydrogens is 398 g/mol. The number of fused-ring (bicyclic) bond motifs is 1. The molecule has 31 heavy (non-hydrogen) atoms. The number of carbonyl (C=O) groups is 1. The topological polar surface area (TPSA) is 75.3 Å². The molecule has 0 atom stereocenters. The second-order valence-corrected chi connectivity index (χ2v) is 7.97. The molecule has 3 rings (SSSR count). The highest BCUT2D eigenvalue weighted by atomic mass is 16.5. The fourth-order valence-corrected chi connectivity index (χ4v) is 3.75. The van der Waals surface area contributed by atoms with Crippen LogP contribution in [0.2, 0.25) is 0 Å². The van der Waals surface area contributed by atoms with Crippen LogP contribution in [-0.2, 0) is 17.6 Å². The Balaban J connectivity index is 1.48. The number of amides is 1. The Hall–Kier alpha value is -3.09. The van der Waals surface area contributed by atoms with Crippen molar-refractivity contribution in [1.82, 2.24) is 5.32 Å². The van der Waals surface area contributed by atoms with Crippen molar-refractivity contribution in [3.05, 3.63) is 41.5 Å². The zero-order chi connectivity index (χ0) is 22.4. The third kappa shape index (κ3) is 5.34. The van der Waals surface area contributed by atoms with Gasteiger partial charge in [0.25, 0.3) is 0 Å². The lowest BCUT2D eigenvalue weighted by Crippen LogP contribution is -2.28. The van der Waals surface area contributed by atoms with Gasteiger partial charge in [-0.05, 0) is 38.0 Å². The summed E-state index contributed by atoms with van der Waals surface area (Å²) in [5.74, 6) is 3.16. The first kappa shape index (κ1) is 22.6. The minimum atomic E-state index is -0.221. The number of methoxy groups -OCH3 is 3. The van der Waals surface area contributed by atoms with E-state index in [-0.39, 0.29) is 11.5 Å². The lowest BCUT2D eigenvalue weighted by Gasteiger charge is -2.18. The Bertz CT molecular complexity index is 925. The first-order valence-electron chi connectivity index (χ1n) is 10.4. The van der Waals surface area contributed by atoms with Crippen LogP contribution >= 0.6 is 0 Å². The molecule has 0 radical (unpaired) electrons. The second kappa shape index (κ2) is 9.81. The highest BCUT2D eigenvalue weighted by Gasteiger charge is 2.32. The number of hydrogen-bond acceptors (Lipinski definition) is 6. The molecule has 0 saturated carbocycles. The van der Waals surface area contributed by atoms with Gasteiger partial charge in [0.1, 0.15) is 12.2 Å². The van der Waals surface area contributed by atoms with Gasteiger partial charge in [-0.25, -0.2) is 0 Å². The summed E-state index contributed by atoms with van der Waals surface area (Å²) < 4.78 is 28.0. The summed E-state index contributed by atoms with van der Waals surface area (Å²) in [5.41, 5.74) is 1.81. The molecule has 0 fully saturated rings. The van der Waals surface area contributed by atoms with E-state index in [1.165, 1.54) is 0 Å². The third-order valence-electron chi connectivity index (χ3n) is 5.14. The summed E-state index contributed by atoms with van der Waals surface area (Å²) >= 11 is 0. The number of aryl methyl sites for hydroxylation is 1. The average molecular weight is 430 g/mol. The summed E-state index contributed by atoms with van der Waals surface area (Å²) in [7, 11) is 4.71. The number of nitrogens with one attached hydrogen (secondary N) is 1. The van der Waals surface area contributed by atoms with E-state index in [0.29, 0.717) is 49.0 Å². The molecule has 1 N–H and O–H groups in total. The van der Waals surface area contributed by atoms with E-state index in [2.05, 4.69) is 25.2 Å². The molecule has 2 aromatic rings. The highest BCUT2D eigenvalue weighted by molar-refractivity contribution is 5.76. The highest BCUT2D eigenvalue weighted by Crippen LogP contribution is 2.42. The number of rotatable bonds is 10. The van der Waals surface area contributed by atoms with Crippen LogP contribution in [0.5, 0.6) is 28.7 Å². The Kier molecular flexibility index (Phi) is 7.15. The van der Waals surface area contributed by atoms with Gasteiger partial charge < -0.3 is 29.0 Å². The minimum absolute atomic E-state index is 0.0592. The van der Waals surface area contributed by atoms with Crippen LogP contribution in [0.25, 0.3) is 0 Å². The molecule has 0 saturated heterocycles. The van der Waals surface area contributed by atoms with Gasteiger partial charge in [-0.1, -0.05) is 18.2 Å². The Morgan fingerprint density at radius 2 is 1.81 bits per heavy atom. The molecule has 1 amide bonds. The zero-order valence-electron chi connectivity index (χ0n) is 18.9. The van der Waals surface area contributed by atoms with E-state index in [1.54, 1.807) is 21.3 Å². The first-order chi connectivity index (χ1) is 14.9. The van der Waals surface area contributed by atoms with Crippen LogP contribution < -0.4 is 29.0 Å². The van der Waals surface area contributed by atoms with Crippen LogP contribution in [-0.4, -0.2) is 46.0 Å². The molecule has 0 aliphatic carbocycles. The average Bonchev–Trinajstić information content (AvgIpc) is 3.08. The van der Waals surface area contributed by atoms with Crippen molar-refractivity contribution < 1.29 is 28.5 Å². The molecule has 1 aliphatic rings. The largest absolute Gasteiger partial charge is 0.493 e. The summed E-state index contributed by atoms with van der Waals surface area (Å²) in [5, 5.41) is 2.89. The van der Waals surface area contributed by atoms with E-state index in [1.807, 2.05) is 24.3 Å². The van der Waals surface area contributed by atoms with Crippen molar-refractivity contribution in [2.45, 2.75) is 38.7 Å². The maximum atomic E-state index is 12.3. The number of ether oxygens (including phenoxy) is 5. The summed E-state index contributed by atoms with van der Waals surface area (Å²) in [6.07, 6.45) is 1.70. The Morgan fingerprint density at radius 1 is 1.03 bits per heavy atom. The van der Waals surface area contributed by atoms with E-state index < -0.39 is 0 Å². The molecule has 0 aromatic heterocycles. The van der Waals surface area contributed by atoms with Gasteiger partial charge in [0.15, 0.2) is 23.0 Å². The predicted octanol–water partition coefficient (Wildman–Crippen LogP) is 3.55. The maximum Gasteiger partial charge on any atom is 0.220 e. The van der Waals surface area contributed by atoms with E-state index in [9.17, 15) is 4.79 Å². The molecule has 1 aliphatic heterocycles. The number of hydrogen-bond donors (Lipinski definition) is 1. The minimum Gasteiger partial charge on any atom is -0.493 e. The lowest BCUT2D eigenvalue weighted by atomic mass is 10.0. The third-order valence-corrected chi connectivity index (χ3v) is 5.14. The fourth-order valence-electron chi connectivity index (χ4n) is 3.75. The quantitative estimate of drug-likeness (QED) is 0.582. The molecule has 0 unspecified atom stereocenters. The van der Waals surface area contributed by atoms with Gasteiger partial charge in [-0.2, -0.15) is 0 Å². The van der Waals surface area contributed by atoms with Crippen molar-refractivity contribution in [3.63, 3.8) is 0 Å². The van der Waals surface area contributed by atoms with Gasteiger partial charge >= 0.3 is 0 Å². The Labute approximate surface area is 183 Å². The van der Waals surface area contributed by atoms with Crippen LogP contribution in [0.15, 0.2) is 30.3 Å². The summed E-state index contributed by atoms with van der Waals surface area (Å²) in [6, 6.07) is 9.61. The number of para-hydroxylation sites is 1. The van der Waals surface area contributed by atoms with Crippen LogP contribution in [0.3, 0.4) is 0 Å². The standard InChI is InChI=1S/C24H31NO6/c1-24(2)15-17-7-6-8-19(21(17)31-24)30-14-13-25-20(26)12-10-16-9-11-18(27-3)23(29-5)22(16)28-4/h6-9,11H,10,12-15H2,1-5H3,(H,25,26). The van der Waals surface area contributed by atoms with Crippen molar-refractivity contribution >= 4 is 5.91 Å². The van der Waals surface area contributed by atoms with Crippen LogP contribution in [0.1, 0.15) is 31.4 Å². The lowest BCUT2D eigenvalue weighted by molar-refractivity contribution is -0.121. The smallest absolute Gasteiger partial charge is 0.220 e. The van der Waals surface area contributed by atoms with Crippen molar-refractivity contribution in [2.24, 2.45) is 0 Å². The van der Waals surface area contributed by atoms with Crippen LogP contribution in [0.4, 0.5) is 0 Å². The molecule has 0 spiro atoms. The molecule has 7 nitrogen and oxygen atoms in total. The zero-order valence-corrected chi connectivity index (χ0v) is 18.9. The molecule has 2 aromatic carbocycles. The van der Waals surface area contributed by atoms with Crippen LogP contribution in [0, 0.1) is 0 Å². The van der Waals surface area contributed by atoms with Gasteiger partial charge in [-0.3, -0.25) is 4.79 Å². The SMILES string of the molecule is COc1ccc(CCC(=O)NCCOc2cccc3c2OC(C)(C)C3)c(OC)c1OC. The van der Waals surface area contributed by atoms with Gasteiger partial charge in [-0.15, -0.1) is 0 Å². The molecule has 0 bridgehead atoms. The Morgan fingerprint density at radius 3 is 2.52 bits per heavy atom. The molecule has 1 heterocycles. The monoisotopic (exact) mass is 429 g/mol. The summed E-state index contributed by atoms with van der Waals surface area (Å²) in [6.45, 7) is 4.90. The first-order valence-corrected chi connectivity index (χ1v) is 10.4. The maximum absolute atomic E-state index is 12.3. The molecule has 168 valence electrons. The van der Waals surface area contributed by atoms with Crippen molar-refractivity contribution in [2.75, 3.05) is 34.5 Å². The fraction of sp³-hybridized carbons (Fsp3) is 0.458. The predicted molar refractivity (Wildman–Crippen MR) is 118 cm³/mol. The van der Waals surface area contributed by atoms with Gasteiger partial charge in [0.2, 0.25) is 11.7 Å². The van der Waals surface area contributed by atoms with E-state index >= 15 is 0 Å². The normalized spacial score (nSPS) is 13.7. The summed E-state index contributed by atoms with van der Waals surface area (Å²) in [4.78, 5) is 12.3.